The summed E-state index contributed by atoms with van der Waals surface area (Å²) in [5, 5.41) is 4.96. The first kappa shape index (κ1) is 16.3. The molecule has 0 atom stereocenters. The van der Waals surface area contributed by atoms with Crippen molar-refractivity contribution in [1.82, 2.24) is 19.3 Å². The summed E-state index contributed by atoms with van der Waals surface area (Å²) in [7, 11) is 0. The van der Waals surface area contributed by atoms with E-state index in [2.05, 4.69) is 30.0 Å². The van der Waals surface area contributed by atoms with Crippen LogP contribution in [0.5, 0.6) is 0 Å². The highest BCUT2D eigenvalue weighted by Gasteiger charge is 2.13. The van der Waals surface area contributed by atoms with E-state index < -0.39 is 0 Å². The molecule has 0 aliphatic heterocycles. The summed E-state index contributed by atoms with van der Waals surface area (Å²) in [6.45, 7) is 6.67. The van der Waals surface area contributed by atoms with E-state index in [4.69, 9.17) is 0 Å². The quantitative estimate of drug-likeness (QED) is 0.571. The number of benzene rings is 2. The van der Waals surface area contributed by atoms with Crippen molar-refractivity contribution in [3.05, 3.63) is 87.6 Å². The molecule has 0 spiro atoms. The van der Waals surface area contributed by atoms with E-state index in [1.54, 1.807) is 21.8 Å². The third-order valence-electron chi connectivity index (χ3n) is 4.96. The SMILES string of the molecule is Cc1ccccc1Cn1cnc2c(cnn2-c2cccc(C)c2C)c1=O. The van der Waals surface area contributed by atoms with Crippen molar-refractivity contribution in [2.24, 2.45) is 0 Å². The van der Waals surface area contributed by atoms with Crippen LogP contribution >= 0.6 is 0 Å². The van der Waals surface area contributed by atoms with E-state index in [0.717, 1.165) is 22.4 Å². The van der Waals surface area contributed by atoms with Gasteiger partial charge in [0.2, 0.25) is 0 Å². The van der Waals surface area contributed by atoms with E-state index in [1.807, 2.05) is 43.3 Å². The van der Waals surface area contributed by atoms with Gasteiger partial charge in [-0.2, -0.15) is 5.10 Å². The molecule has 2 aromatic heterocycles. The Morgan fingerprint density at radius 2 is 1.73 bits per heavy atom. The van der Waals surface area contributed by atoms with Gasteiger partial charge >= 0.3 is 0 Å². The Morgan fingerprint density at radius 1 is 0.962 bits per heavy atom. The van der Waals surface area contributed by atoms with Crippen molar-refractivity contribution in [1.29, 1.82) is 0 Å². The molecule has 0 bridgehead atoms. The van der Waals surface area contributed by atoms with E-state index in [-0.39, 0.29) is 5.56 Å². The third kappa shape index (κ3) is 2.62. The van der Waals surface area contributed by atoms with Crippen LogP contribution in [0.25, 0.3) is 16.7 Å². The van der Waals surface area contributed by atoms with Crippen molar-refractivity contribution in [3.63, 3.8) is 0 Å². The van der Waals surface area contributed by atoms with Crippen molar-refractivity contribution in [3.8, 4) is 5.69 Å². The van der Waals surface area contributed by atoms with Gasteiger partial charge in [-0.05, 0) is 49.1 Å². The molecule has 2 heterocycles. The summed E-state index contributed by atoms with van der Waals surface area (Å²) in [4.78, 5) is 17.4. The minimum atomic E-state index is -0.0743. The lowest BCUT2D eigenvalue weighted by atomic mass is 10.1. The number of nitrogens with zero attached hydrogens (tertiary/aromatic N) is 4. The smallest absolute Gasteiger partial charge is 0.264 e. The fourth-order valence-electron chi connectivity index (χ4n) is 3.17. The molecule has 4 rings (SSSR count). The number of hydrogen-bond donors (Lipinski definition) is 0. The summed E-state index contributed by atoms with van der Waals surface area (Å²) in [5.41, 5.74) is 6.04. The van der Waals surface area contributed by atoms with Gasteiger partial charge in [-0.15, -0.1) is 0 Å². The number of rotatable bonds is 3. The monoisotopic (exact) mass is 344 g/mol. The van der Waals surface area contributed by atoms with Crippen molar-refractivity contribution in [2.45, 2.75) is 27.3 Å². The van der Waals surface area contributed by atoms with Crippen molar-refractivity contribution < 1.29 is 0 Å². The Kier molecular flexibility index (Phi) is 3.92. The molecule has 0 amide bonds. The zero-order chi connectivity index (χ0) is 18.3. The van der Waals surface area contributed by atoms with Gasteiger partial charge in [0.05, 0.1) is 18.4 Å². The molecule has 0 fully saturated rings. The molecule has 5 heteroatoms. The first-order valence-corrected chi connectivity index (χ1v) is 8.60. The lowest BCUT2D eigenvalue weighted by Gasteiger charge is -2.10. The van der Waals surface area contributed by atoms with Crippen molar-refractivity contribution in [2.75, 3.05) is 0 Å². The Balaban J connectivity index is 1.82. The second-order valence-corrected chi connectivity index (χ2v) is 6.62. The second-order valence-electron chi connectivity index (χ2n) is 6.62. The second kappa shape index (κ2) is 6.26. The van der Waals surface area contributed by atoms with Crippen LogP contribution in [0.1, 0.15) is 22.3 Å². The molecule has 0 unspecified atom stereocenters. The molecular formula is C21H20N4O. The van der Waals surface area contributed by atoms with Crippen LogP contribution in [0.15, 0.2) is 59.8 Å². The van der Waals surface area contributed by atoms with Gasteiger partial charge in [0.25, 0.3) is 5.56 Å². The highest BCUT2D eigenvalue weighted by atomic mass is 16.1. The van der Waals surface area contributed by atoms with Gasteiger partial charge < -0.3 is 0 Å². The minimum Gasteiger partial charge on any atom is -0.294 e. The molecule has 4 aromatic rings. The molecule has 0 saturated carbocycles. The fourth-order valence-corrected chi connectivity index (χ4v) is 3.17. The van der Waals surface area contributed by atoms with Gasteiger partial charge in [0.15, 0.2) is 5.65 Å². The molecule has 0 N–H and O–H groups in total. The van der Waals surface area contributed by atoms with Gasteiger partial charge in [-0.1, -0.05) is 36.4 Å². The highest BCUT2D eigenvalue weighted by Crippen LogP contribution is 2.20. The third-order valence-corrected chi connectivity index (χ3v) is 4.96. The molecule has 0 saturated heterocycles. The summed E-state index contributed by atoms with van der Waals surface area (Å²) < 4.78 is 3.39. The van der Waals surface area contributed by atoms with Gasteiger partial charge in [-0.3, -0.25) is 9.36 Å². The maximum atomic E-state index is 12.9. The van der Waals surface area contributed by atoms with Crippen LogP contribution in [-0.4, -0.2) is 19.3 Å². The predicted octanol–water partition coefficient (Wildman–Crippen LogP) is 3.56. The summed E-state index contributed by atoms with van der Waals surface area (Å²) in [5.74, 6) is 0. The number of aryl methyl sites for hydroxylation is 2. The Hall–Kier alpha value is -3.21. The Labute approximate surface area is 151 Å². The standard InChI is InChI=1S/C21H20N4O/c1-14-8-6-10-19(16(14)3)25-20-18(11-23-25)21(26)24(13-22-20)12-17-9-5-4-7-15(17)2/h4-11,13H,12H2,1-3H3. The van der Waals surface area contributed by atoms with Gasteiger partial charge in [0.1, 0.15) is 11.7 Å². The van der Waals surface area contributed by atoms with Crippen molar-refractivity contribution >= 4 is 11.0 Å². The summed E-state index contributed by atoms with van der Waals surface area (Å²) in [6, 6.07) is 14.1. The molecule has 0 aliphatic rings. The average molecular weight is 344 g/mol. The lowest BCUT2D eigenvalue weighted by molar-refractivity contribution is 0.741. The largest absolute Gasteiger partial charge is 0.294 e. The van der Waals surface area contributed by atoms with Crippen LogP contribution in [0, 0.1) is 20.8 Å². The van der Waals surface area contributed by atoms with Gasteiger partial charge in [0, 0.05) is 0 Å². The van der Waals surface area contributed by atoms with E-state index in [0.29, 0.717) is 17.6 Å². The number of aromatic nitrogens is 4. The first-order chi connectivity index (χ1) is 12.6. The maximum absolute atomic E-state index is 12.9. The normalized spacial score (nSPS) is 11.2. The number of hydrogen-bond acceptors (Lipinski definition) is 3. The predicted molar refractivity (Wildman–Crippen MR) is 103 cm³/mol. The molecule has 26 heavy (non-hydrogen) atoms. The van der Waals surface area contributed by atoms with Gasteiger partial charge in [-0.25, -0.2) is 9.67 Å². The van der Waals surface area contributed by atoms with E-state index in [9.17, 15) is 4.79 Å². The molecule has 130 valence electrons. The van der Waals surface area contributed by atoms with Crippen LogP contribution in [0.2, 0.25) is 0 Å². The number of fused-ring (bicyclic) bond motifs is 1. The lowest BCUT2D eigenvalue weighted by Crippen LogP contribution is -2.21. The minimum absolute atomic E-state index is 0.0743. The van der Waals surface area contributed by atoms with Crippen LogP contribution < -0.4 is 5.56 Å². The molecular weight excluding hydrogens is 324 g/mol. The van der Waals surface area contributed by atoms with E-state index >= 15 is 0 Å². The average Bonchev–Trinajstić information content (AvgIpc) is 3.06. The maximum Gasteiger partial charge on any atom is 0.264 e. The Bertz CT molecular complexity index is 1170. The molecule has 2 aromatic carbocycles. The Morgan fingerprint density at radius 3 is 2.54 bits per heavy atom. The molecule has 5 nitrogen and oxygen atoms in total. The highest BCUT2D eigenvalue weighted by molar-refractivity contribution is 5.75. The van der Waals surface area contributed by atoms with Crippen LogP contribution in [0.3, 0.4) is 0 Å². The zero-order valence-corrected chi connectivity index (χ0v) is 15.1. The topological polar surface area (TPSA) is 52.7 Å². The fraction of sp³-hybridized carbons (Fsp3) is 0.190. The van der Waals surface area contributed by atoms with Crippen LogP contribution in [-0.2, 0) is 6.54 Å². The zero-order valence-electron chi connectivity index (χ0n) is 15.1. The molecule has 0 radical (unpaired) electrons. The van der Waals surface area contributed by atoms with E-state index in [1.165, 1.54) is 5.56 Å². The molecule has 0 aliphatic carbocycles. The summed E-state index contributed by atoms with van der Waals surface area (Å²) >= 11 is 0. The first-order valence-electron chi connectivity index (χ1n) is 8.60. The van der Waals surface area contributed by atoms with Crippen LogP contribution in [0.4, 0.5) is 0 Å². The summed E-state index contributed by atoms with van der Waals surface area (Å²) in [6.07, 6.45) is 3.22.